The van der Waals surface area contributed by atoms with Crippen molar-refractivity contribution < 1.29 is 9.59 Å². The van der Waals surface area contributed by atoms with Gasteiger partial charge in [-0.25, -0.2) is 0 Å². The fraction of sp³-hybridized carbons (Fsp3) is 0. The van der Waals surface area contributed by atoms with Crippen LogP contribution in [-0.4, -0.2) is 17.6 Å². The van der Waals surface area contributed by atoms with Gasteiger partial charge in [-0.15, -0.1) is 0 Å². The second kappa shape index (κ2) is 4.18. The average Bonchev–Trinajstić information content (AvgIpc) is 2.15. The fourth-order valence-corrected chi connectivity index (χ4v) is 0.807. The molecule has 0 bridgehead atoms. The van der Waals surface area contributed by atoms with Crippen molar-refractivity contribution in [2.24, 2.45) is 0 Å². The van der Waals surface area contributed by atoms with Crippen molar-refractivity contribution in [3.8, 4) is 0 Å². The second-order valence-electron chi connectivity index (χ2n) is 2.12. The van der Waals surface area contributed by atoms with Gasteiger partial charge in [-0.05, 0) is 18.2 Å². The zero-order chi connectivity index (χ0) is 8.81. The molecule has 0 unspecified atom stereocenters. The van der Waals surface area contributed by atoms with Gasteiger partial charge in [-0.3, -0.25) is 14.6 Å². The lowest BCUT2D eigenvalue weighted by Crippen LogP contribution is -1.86. The molecule has 3 nitrogen and oxygen atoms in total. The number of rotatable bonds is 3. The van der Waals surface area contributed by atoms with Gasteiger partial charge in [0.15, 0.2) is 6.29 Å². The number of allylic oxidation sites excluding steroid dienone is 1. The molecular weight excluding hydrogens is 154 g/mol. The maximum atomic E-state index is 10.4. The van der Waals surface area contributed by atoms with E-state index in [0.717, 1.165) is 6.29 Å². The Morgan fingerprint density at radius 1 is 1.25 bits per heavy atom. The highest BCUT2D eigenvalue weighted by Crippen LogP contribution is 2.05. The van der Waals surface area contributed by atoms with Gasteiger partial charge < -0.3 is 0 Å². The van der Waals surface area contributed by atoms with Crippen LogP contribution in [0.3, 0.4) is 0 Å². The summed E-state index contributed by atoms with van der Waals surface area (Å²) in [5, 5.41) is 0. The Morgan fingerprint density at radius 2 is 2.08 bits per heavy atom. The minimum absolute atomic E-state index is 0.531. The predicted octanol–water partition coefficient (Wildman–Crippen LogP) is 1.11. The number of hydrogen-bond acceptors (Lipinski definition) is 3. The van der Waals surface area contributed by atoms with Gasteiger partial charge in [0.1, 0.15) is 6.29 Å². The first-order chi connectivity index (χ1) is 5.88. The quantitative estimate of drug-likeness (QED) is 0.492. The van der Waals surface area contributed by atoms with Crippen LogP contribution in [-0.2, 0) is 4.79 Å². The van der Waals surface area contributed by atoms with E-state index in [-0.39, 0.29) is 0 Å². The lowest BCUT2D eigenvalue weighted by Gasteiger charge is -1.94. The maximum Gasteiger partial charge on any atom is 0.150 e. The van der Waals surface area contributed by atoms with Gasteiger partial charge in [-0.1, -0.05) is 0 Å². The first kappa shape index (κ1) is 8.33. The van der Waals surface area contributed by atoms with Gasteiger partial charge >= 0.3 is 0 Å². The Morgan fingerprint density at radius 3 is 2.75 bits per heavy atom. The van der Waals surface area contributed by atoms with Crippen molar-refractivity contribution in [3.05, 3.63) is 35.7 Å². The van der Waals surface area contributed by atoms with E-state index < -0.39 is 0 Å². The number of aromatic nitrogens is 1. The third-order valence-electron chi connectivity index (χ3n) is 1.37. The highest BCUT2D eigenvalue weighted by Gasteiger charge is 1.94. The Labute approximate surface area is 69.7 Å². The van der Waals surface area contributed by atoms with E-state index >= 15 is 0 Å². The molecule has 0 spiro atoms. The molecule has 0 aliphatic heterocycles. The smallest absolute Gasteiger partial charge is 0.150 e. The summed E-state index contributed by atoms with van der Waals surface area (Å²) < 4.78 is 0. The molecule has 0 fully saturated rings. The summed E-state index contributed by atoms with van der Waals surface area (Å²) in [4.78, 5) is 24.2. The minimum Gasteiger partial charge on any atom is -0.299 e. The summed E-state index contributed by atoms with van der Waals surface area (Å²) in [7, 11) is 0. The topological polar surface area (TPSA) is 47.0 Å². The molecule has 0 amide bonds. The van der Waals surface area contributed by atoms with Crippen LogP contribution in [0.1, 0.15) is 15.9 Å². The number of hydrogen-bond donors (Lipinski definition) is 0. The second-order valence-corrected chi connectivity index (χ2v) is 2.12. The first-order valence-electron chi connectivity index (χ1n) is 3.39. The highest BCUT2D eigenvalue weighted by molar-refractivity contribution is 5.84. The van der Waals surface area contributed by atoms with E-state index in [9.17, 15) is 9.59 Å². The van der Waals surface area contributed by atoms with Crippen LogP contribution in [0.4, 0.5) is 0 Å². The maximum absolute atomic E-state index is 10.4. The first-order valence-corrected chi connectivity index (χ1v) is 3.39. The van der Waals surface area contributed by atoms with Crippen molar-refractivity contribution in [2.75, 3.05) is 0 Å². The molecule has 0 saturated heterocycles. The lowest BCUT2D eigenvalue weighted by molar-refractivity contribution is -0.104. The van der Waals surface area contributed by atoms with Crippen LogP contribution < -0.4 is 0 Å². The predicted molar refractivity (Wildman–Crippen MR) is 44.7 cm³/mol. The van der Waals surface area contributed by atoms with E-state index in [4.69, 9.17) is 0 Å². The molecule has 0 saturated carbocycles. The lowest BCUT2D eigenvalue weighted by atomic mass is 10.1. The van der Waals surface area contributed by atoms with Gasteiger partial charge in [0.25, 0.3) is 0 Å². The van der Waals surface area contributed by atoms with Crippen LogP contribution in [0.15, 0.2) is 24.5 Å². The van der Waals surface area contributed by atoms with E-state index in [1.807, 2.05) is 0 Å². The van der Waals surface area contributed by atoms with Crippen LogP contribution in [0.25, 0.3) is 6.08 Å². The summed E-state index contributed by atoms with van der Waals surface area (Å²) in [6.07, 6.45) is 7.31. The van der Waals surface area contributed by atoms with Crippen LogP contribution in [0, 0.1) is 0 Å². The molecule has 0 N–H and O–H groups in total. The Hall–Kier alpha value is -1.77. The van der Waals surface area contributed by atoms with Gasteiger partial charge in [-0.2, -0.15) is 0 Å². The molecule has 0 aliphatic carbocycles. The molecule has 0 aromatic carbocycles. The van der Waals surface area contributed by atoms with E-state index in [2.05, 4.69) is 4.98 Å². The Balaban J connectivity index is 3.04. The molecule has 1 heterocycles. The van der Waals surface area contributed by atoms with E-state index in [1.165, 1.54) is 18.5 Å². The molecule has 0 radical (unpaired) electrons. The average molecular weight is 161 g/mol. The van der Waals surface area contributed by atoms with Crippen molar-refractivity contribution >= 4 is 18.6 Å². The van der Waals surface area contributed by atoms with Gasteiger partial charge in [0, 0.05) is 23.5 Å². The Bertz CT molecular complexity index is 318. The van der Waals surface area contributed by atoms with E-state index in [0.29, 0.717) is 17.4 Å². The summed E-state index contributed by atoms with van der Waals surface area (Å²) in [6.45, 7) is 0. The molecule has 12 heavy (non-hydrogen) atoms. The van der Waals surface area contributed by atoms with Gasteiger partial charge in [0.05, 0.1) is 0 Å². The molecule has 0 aliphatic rings. The largest absolute Gasteiger partial charge is 0.299 e. The summed E-state index contributed by atoms with van der Waals surface area (Å²) in [5.74, 6) is 0. The molecular formula is C9H7NO2. The fourth-order valence-electron chi connectivity index (χ4n) is 0.807. The number of carbonyl (C=O) groups excluding carboxylic acids is 2. The van der Waals surface area contributed by atoms with Crippen LogP contribution in [0.2, 0.25) is 0 Å². The van der Waals surface area contributed by atoms with Crippen molar-refractivity contribution in [2.45, 2.75) is 0 Å². The number of pyridine rings is 1. The molecule has 0 atom stereocenters. The zero-order valence-corrected chi connectivity index (χ0v) is 6.31. The molecule has 60 valence electrons. The summed E-state index contributed by atoms with van der Waals surface area (Å²) in [5.41, 5.74) is 1.18. The number of carbonyl (C=O) groups is 2. The zero-order valence-electron chi connectivity index (χ0n) is 6.31. The van der Waals surface area contributed by atoms with Crippen molar-refractivity contribution in [1.29, 1.82) is 0 Å². The number of aldehydes is 2. The SMILES string of the molecule is O=CC=Cc1cnccc1C=O. The standard InChI is InChI=1S/C9H7NO2/c11-5-1-2-8-6-10-4-3-9(8)7-12/h1-7H. The minimum atomic E-state index is 0.531. The van der Waals surface area contributed by atoms with Crippen molar-refractivity contribution in [3.63, 3.8) is 0 Å². The molecule has 3 heteroatoms. The molecule has 1 aromatic rings. The monoisotopic (exact) mass is 161 g/mol. The van der Waals surface area contributed by atoms with E-state index in [1.54, 1.807) is 12.1 Å². The third kappa shape index (κ3) is 1.85. The van der Waals surface area contributed by atoms with Crippen LogP contribution >= 0.6 is 0 Å². The number of nitrogens with zero attached hydrogens (tertiary/aromatic N) is 1. The normalized spacial score (nSPS) is 10.0. The summed E-state index contributed by atoms with van der Waals surface area (Å²) in [6, 6.07) is 1.59. The molecule has 1 rings (SSSR count). The van der Waals surface area contributed by atoms with Crippen molar-refractivity contribution in [1.82, 2.24) is 4.98 Å². The third-order valence-corrected chi connectivity index (χ3v) is 1.37. The highest BCUT2D eigenvalue weighted by atomic mass is 16.1. The summed E-state index contributed by atoms with van der Waals surface area (Å²) >= 11 is 0. The van der Waals surface area contributed by atoms with Gasteiger partial charge in [0.2, 0.25) is 0 Å². The Kier molecular flexibility index (Phi) is 2.90. The van der Waals surface area contributed by atoms with Crippen LogP contribution in [0.5, 0.6) is 0 Å². The molecule has 1 aromatic heterocycles.